The van der Waals surface area contributed by atoms with E-state index >= 15 is 0 Å². The average Bonchev–Trinajstić information content (AvgIpc) is 3.27. The van der Waals surface area contributed by atoms with Gasteiger partial charge in [-0.05, 0) is 16.7 Å². The number of carboxylic acid groups (broad SMARTS) is 1. The van der Waals surface area contributed by atoms with Crippen LogP contribution in [0.25, 0.3) is 11.3 Å². The summed E-state index contributed by atoms with van der Waals surface area (Å²) in [6.07, 6.45) is 0.416. The zero-order chi connectivity index (χ0) is 20.0. The van der Waals surface area contributed by atoms with Gasteiger partial charge in [-0.25, -0.2) is 0 Å². The number of Topliss-reactive ketones (excluding diaryl/α,β-unsaturated/α-hetero) is 1. The number of carboxylic acids is 1. The Balaban J connectivity index is 1.45. The number of morpholine rings is 1. The molecule has 148 valence electrons. The highest BCUT2D eigenvalue weighted by Crippen LogP contribution is 2.41. The Morgan fingerprint density at radius 1 is 1.14 bits per heavy atom. The van der Waals surface area contributed by atoms with Gasteiger partial charge < -0.3 is 14.6 Å². The van der Waals surface area contributed by atoms with E-state index in [0.29, 0.717) is 44.1 Å². The van der Waals surface area contributed by atoms with Crippen molar-refractivity contribution in [1.82, 2.24) is 4.90 Å². The van der Waals surface area contributed by atoms with E-state index in [2.05, 4.69) is 6.07 Å². The fourth-order valence-electron chi connectivity index (χ4n) is 4.39. The molecule has 6 nitrogen and oxygen atoms in total. The van der Waals surface area contributed by atoms with Crippen LogP contribution in [0.5, 0.6) is 0 Å². The maximum absolute atomic E-state index is 12.6. The van der Waals surface area contributed by atoms with Gasteiger partial charge in [0.2, 0.25) is 0 Å². The summed E-state index contributed by atoms with van der Waals surface area (Å²) in [5.74, 6) is -0.105. The fraction of sp³-hybridized carbons (Fsp3) is 0.304. The third kappa shape index (κ3) is 3.14. The summed E-state index contributed by atoms with van der Waals surface area (Å²) in [4.78, 5) is 26.1. The lowest BCUT2D eigenvalue weighted by Gasteiger charge is -2.32. The number of fused-ring (bicyclic) bond motifs is 2. The lowest BCUT2D eigenvalue weighted by atomic mass is 9.99. The summed E-state index contributed by atoms with van der Waals surface area (Å²) in [7, 11) is 0. The van der Waals surface area contributed by atoms with Crippen LogP contribution in [-0.4, -0.2) is 47.6 Å². The van der Waals surface area contributed by atoms with Crippen LogP contribution < -0.4 is 0 Å². The van der Waals surface area contributed by atoms with Crippen molar-refractivity contribution in [3.63, 3.8) is 0 Å². The Hall–Kier alpha value is -2.96. The molecule has 1 atom stereocenters. The molecule has 1 fully saturated rings. The summed E-state index contributed by atoms with van der Waals surface area (Å²) in [6.45, 7) is 2.30. The number of aliphatic carboxylic acids is 1. The number of hydrogen-bond donors (Lipinski definition) is 1. The number of carbonyl (C=O) groups is 2. The minimum Gasteiger partial charge on any atom is -0.487 e. The van der Waals surface area contributed by atoms with Crippen molar-refractivity contribution in [2.24, 2.45) is 0 Å². The molecule has 1 N–H and O–H groups in total. The molecule has 2 heterocycles. The lowest BCUT2D eigenvalue weighted by molar-refractivity contribution is -0.150. The molecule has 0 aromatic heterocycles. The summed E-state index contributed by atoms with van der Waals surface area (Å²) >= 11 is 0. The number of carbonyl (C=O) groups excluding carboxylic acids is 1. The van der Waals surface area contributed by atoms with Crippen molar-refractivity contribution in [2.75, 3.05) is 19.8 Å². The molecular formula is C23H21NO5. The third-order valence-corrected chi connectivity index (χ3v) is 5.84. The summed E-state index contributed by atoms with van der Waals surface area (Å²) < 4.78 is 11.3. The SMILES string of the molecule is O=C1Cc2ccccc2/C1=C1\OCc2cc(CN3CCOCC3C(=O)O)ccc21. The molecule has 0 radical (unpaired) electrons. The average molecular weight is 391 g/mol. The molecule has 29 heavy (non-hydrogen) atoms. The first-order valence-corrected chi connectivity index (χ1v) is 9.77. The van der Waals surface area contributed by atoms with Crippen LogP contribution in [0.15, 0.2) is 42.5 Å². The number of hydrogen-bond acceptors (Lipinski definition) is 5. The maximum Gasteiger partial charge on any atom is 0.323 e. The Morgan fingerprint density at radius 2 is 2.00 bits per heavy atom. The Labute approximate surface area is 168 Å². The lowest BCUT2D eigenvalue weighted by Crippen LogP contribution is -2.49. The largest absolute Gasteiger partial charge is 0.487 e. The van der Waals surface area contributed by atoms with Crippen LogP contribution in [0.1, 0.15) is 27.8 Å². The number of ether oxygens (including phenoxy) is 2. The van der Waals surface area contributed by atoms with E-state index < -0.39 is 12.0 Å². The van der Waals surface area contributed by atoms with Gasteiger partial charge in [0.1, 0.15) is 18.4 Å². The minimum absolute atomic E-state index is 0.0933. The maximum atomic E-state index is 12.6. The predicted molar refractivity (Wildman–Crippen MR) is 106 cm³/mol. The monoisotopic (exact) mass is 391 g/mol. The molecule has 1 unspecified atom stereocenters. The van der Waals surface area contributed by atoms with Gasteiger partial charge in [0, 0.05) is 30.6 Å². The number of rotatable bonds is 3. The molecule has 6 heteroatoms. The first-order valence-electron chi connectivity index (χ1n) is 9.77. The van der Waals surface area contributed by atoms with Crippen LogP contribution in [0.2, 0.25) is 0 Å². The van der Waals surface area contributed by atoms with Gasteiger partial charge in [0.25, 0.3) is 0 Å². The van der Waals surface area contributed by atoms with Gasteiger partial charge in [-0.15, -0.1) is 0 Å². The number of ketones is 1. The fourth-order valence-corrected chi connectivity index (χ4v) is 4.39. The van der Waals surface area contributed by atoms with E-state index in [1.807, 2.05) is 41.3 Å². The predicted octanol–water partition coefficient (Wildman–Crippen LogP) is 2.50. The molecule has 1 aliphatic carbocycles. The molecule has 1 saturated heterocycles. The van der Waals surface area contributed by atoms with Crippen molar-refractivity contribution in [1.29, 1.82) is 0 Å². The van der Waals surface area contributed by atoms with Crippen LogP contribution in [0.3, 0.4) is 0 Å². The van der Waals surface area contributed by atoms with Crippen LogP contribution in [0.4, 0.5) is 0 Å². The normalized spacial score (nSPS) is 23.6. The standard InChI is InChI=1S/C23H21NO5/c25-20-10-15-3-1-2-4-17(15)21(20)22-18-6-5-14(9-16(18)12-29-22)11-24-7-8-28-13-19(24)23(26)27/h1-6,9,19H,7-8,10-13H2,(H,26,27)/b22-21+. The molecule has 2 aromatic carbocycles. The van der Waals surface area contributed by atoms with E-state index in [1.165, 1.54) is 0 Å². The minimum atomic E-state index is -0.861. The number of allylic oxidation sites excluding steroid dienone is 1. The molecular weight excluding hydrogens is 370 g/mol. The quantitative estimate of drug-likeness (QED) is 0.811. The van der Waals surface area contributed by atoms with Crippen molar-refractivity contribution in [2.45, 2.75) is 25.6 Å². The molecule has 2 aromatic rings. The topological polar surface area (TPSA) is 76.1 Å². The first-order chi connectivity index (χ1) is 14.1. The van der Waals surface area contributed by atoms with Crippen molar-refractivity contribution in [3.8, 4) is 0 Å². The van der Waals surface area contributed by atoms with E-state index in [4.69, 9.17) is 9.47 Å². The van der Waals surface area contributed by atoms with Crippen LogP contribution in [0, 0.1) is 0 Å². The zero-order valence-corrected chi connectivity index (χ0v) is 15.9. The van der Waals surface area contributed by atoms with Gasteiger partial charge in [-0.2, -0.15) is 0 Å². The number of nitrogens with zero attached hydrogens (tertiary/aromatic N) is 1. The van der Waals surface area contributed by atoms with E-state index in [1.54, 1.807) is 0 Å². The molecule has 5 rings (SSSR count). The highest BCUT2D eigenvalue weighted by molar-refractivity contribution is 6.31. The summed E-state index contributed by atoms with van der Waals surface area (Å²) in [5.41, 5.74) is 5.69. The molecule has 0 spiro atoms. The van der Waals surface area contributed by atoms with Gasteiger partial charge >= 0.3 is 5.97 Å². The second-order valence-corrected chi connectivity index (χ2v) is 7.64. The van der Waals surface area contributed by atoms with Crippen LogP contribution in [-0.2, 0) is 38.6 Å². The molecule has 0 bridgehead atoms. The van der Waals surface area contributed by atoms with Crippen LogP contribution >= 0.6 is 0 Å². The van der Waals surface area contributed by atoms with Crippen molar-refractivity contribution < 1.29 is 24.2 Å². The van der Waals surface area contributed by atoms with E-state index in [9.17, 15) is 14.7 Å². The van der Waals surface area contributed by atoms with Gasteiger partial charge in [0.15, 0.2) is 5.78 Å². The van der Waals surface area contributed by atoms with E-state index in [-0.39, 0.29) is 12.4 Å². The smallest absolute Gasteiger partial charge is 0.323 e. The van der Waals surface area contributed by atoms with Gasteiger partial charge in [-0.1, -0.05) is 42.5 Å². The summed E-state index contributed by atoms with van der Waals surface area (Å²) in [5, 5.41) is 9.42. The second-order valence-electron chi connectivity index (χ2n) is 7.64. The highest BCUT2D eigenvalue weighted by Gasteiger charge is 2.33. The van der Waals surface area contributed by atoms with Crippen molar-refractivity contribution >= 4 is 23.1 Å². The molecule has 0 saturated carbocycles. The first kappa shape index (κ1) is 18.1. The van der Waals surface area contributed by atoms with E-state index in [0.717, 1.165) is 27.8 Å². The number of benzene rings is 2. The third-order valence-electron chi connectivity index (χ3n) is 5.84. The zero-order valence-electron chi connectivity index (χ0n) is 15.9. The molecule has 0 amide bonds. The molecule has 2 aliphatic heterocycles. The van der Waals surface area contributed by atoms with Gasteiger partial charge in [0.05, 0.1) is 18.8 Å². The Bertz CT molecular complexity index is 1040. The molecule has 3 aliphatic rings. The second kappa shape index (κ2) is 7.13. The Morgan fingerprint density at radius 3 is 2.86 bits per heavy atom. The Kier molecular flexibility index (Phi) is 4.45. The highest BCUT2D eigenvalue weighted by atomic mass is 16.5. The van der Waals surface area contributed by atoms with Gasteiger partial charge in [-0.3, -0.25) is 14.5 Å². The van der Waals surface area contributed by atoms with Crippen molar-refractivity contribution in [3.05, 3.63) is 70.3 Å². The summed E-state index contributed by atoms with van der Waals surface area (Å²) in [6, 6.07) is 13.3.